The first-order chi connectivity index (χ1) is 13.5. The highest BCUT2D eigenvalue weighted by molar-refractivity contribution is 6.33. The minimum Gasteiger partial charge on any atom is -0.383 e. The minimum atomic E-state index is -0.263. The molecule has 0 unspecified atom stereocenters. The van der Waals surface area contributed by atoms with Crippen LogP contribution in [-0.2, 0) is 7.05 Å². The van der Waals surface area contributed by atoms with Gasteiger partial charge in [0.25, 0.3) is 5.91 Å². The van der Waals surface area contributed by atoms with Crippen molar-refractivity contribution in [2.75, 3.05) is 23.7 Å². The van der Waals surface area contributed by atoms with Crippen LogP contribution in [-0.4, -0.2) is 38.2 Å². The van der Waals surface area contributed by atoms with Gasteiger partial charge >= 0.3 is 0 Å². The van der Waals surface area contributed by atoms with E-state index in [1.807, 2.05) is 32.4 Å². The predicted molar refractivity (Wildman–Crippen MR) is 111 cm³/mol. The van der Waals surface area contributed by atoms with E-state index in [1.54, 1.807) is 27.4 Å². The number of carbonyl (C=O) groups is 1. The lowest BCUT2D eigenvalue weighted by molar-refractivity contribution is 0.102. The lowest BCUT2D eigenvalue weighted by Crippen LogP contribution is -2.15. The average Bonchev–Trinajstić information content (AvgIpc) is 3.21. The van der Waals surface area contributed by atoms with Crippen molar-refractivity contribution in [1.29, 1.82) is 0 Å². The maximum absolute atomic E-state index is 12.9. The quantitative estimate of drug-likeness (QED) is 0.480. The molecule has 0 aliphatic heterocycles. The van der Waals surface area contributed by atoms with Crippen LogP contribution < -0.4 is 16.4 Å². The molecule has 0 atom stereocenters. The Hall–Kier alpha value is -3.10. The number of nitrogens with two attached hydrogens (primary N) is 1. The first kappa shape index (κ1) is 18.3. The molecule has 4 rings (SSSR count). The van der Waals surface area contributed by atoms with Crippen LogP contribution in [0.3, 0.4) is 0 Å². The molecule has 1 amide bonds. The molecular formula is C19H20ClN7O. The van der Waals surface area contributed by atoms with Crippen LogP contribution in [0.4, 0.5) is 11.4 Å². The van der Waals surface area contributed by atoms with E-state index in [9.17, 15) is 4.79 Å². The zero-order chi connectivity index (χ0) is 19.8. The molecule has 3 aromatic heterocycles. The minimum absolute atomic E-state index is 0.263. The molecule has 1 aromatic carbocycles. The molecular weight excluding hydrogens is 378 g/mol. The summed E-state index contributed by atoms with van der Waals surface area (Å²) in [6.45, 7) is 3.04. The monoisotopic (exact) mass is 397 g/mol. The molecule has 28 heavy (non-hydrogen) atoms. The highest BCUT2D eigenvalue weighted by atomic mass is 35.5. The Morgan fingerprint density at radius 1 is 1.29 bits per heavy atom. The van der Waals surface area contributed by atoms with Gasteiger partial charge in [-0.3, -0.25) is 9.48 Å². The lowest BCUT2D eigenvalue weighted by atomic mass is 10.1. The molecule has 4 aromatic rings. The van der Waals surface area contributed by atoms with Gasteiger partial charge < -0.3 is 20.8 Å². The molecule has 0 aliphatic rings. The van der Waals surface area contributed by atoms with E-state index in [0.29, 0.717) is 40.5 Å². The summed E-state index contributed by atoms with van der Waals surface area (Å²) in [5.41, 5.74) is 9.65. The third kappa shape index (κ3) is 3.28. The predicted octanol–water partition coefficient (Wildman–Crippen LogP) is 2.81. The smallest absolute Gasteiger partial charge is 0.257 e. The van der Waals surface area contributed by atoms with Gasteiger partial charge in [0.1, 0.15) is 5.52 Å². The van der Waals surface area contributed by atoms with Gasteiger partial charge in [-0.2, -0.15) is 5.10 Å². The normalized spacial score (nSPS) is 11.3. The number of amides is 1. The number of aromatic nitrogens is 4. The molecule has 9 heteroatoms. The third-order valence-corrected chi connectivity index (χ3v) is 4.66. The van der Waals surface area contributed by atoms with Gasteiger partial charge in [-0.25, -0.2) is 4.98 Å². The number of imidazole rings is 1. The summed E-state index contributed by atoms with van der Waals surface area (Å²) in [5.74, 6) is -0.263. The molecule has 0 saturated heterocycles. The number of fused-ring (bicyclic) bond motifs is 2. The van der Waals surface area contributed by atoms with Gasteiger partial charge in [0, 0.05) is 49.8 Å². The number of hydrogen-bond acceptors (Lipinski definition) is 5. The Kier molecular flexibility index (Phi) is 4.66. The molecule has 0 fully saturated rings. The second-order valence-electron chi connectivity index (χ2n) is 6.59. The van der Waals surface area contributed by atoms with Crippen molar-refractivity contribution in [3.05, 3.63) is 53.1 Å². The van der Waals surface area contributed by atoms with Crippen LogP contribution in [0.5, 0.6) is 0 Å². The Bertz CT molecular complexity index is 1190. The second kappa shape index (κ2) is 7.14. The van der Waals surface area contributed by atoms with Crippen molar-refractivity contribution in [2.45, 2.75) is 6.92 Å². The van der Waals surface area contributed by atoms with Crippen molar-refractivity contribution in [1.82, 2.24) is 19.2 Å². The molecule has 0 bridgehead atoms. The topological polar surface area (TPSA) is 102 Å². The van der Waals surface area contributed by atoms with Crippen LogP contribution >= 0.6 is 11.6 Å². The number of halogens is 1. The van der Waals surface area contributed by atoms with E-state index >= 15 is 0 Å². The first-order valence-corrected chi connectivity index (χ1v) is 9.20. The van der Waals surface area contributed by atoms with E-state index in [2.05, 4.69) is 20.7 Å². The second-order valence-corrected chi connectivity index (χ2v) is 6.99. The summed E-state index contributed by atoms with van der Waals surface area (Å²) in [6, 6.07) is 5.31. The third-order valence-electron chi connectivity index (χ3n) is 4.38. The summed E-state index contributed by atoms with van der Waals surface area (Å²) in [7, 11) is 1.82. The van der Waals surface area contributed by atoms with Crippen LogP contribution in [0.2, 0.25) is 5.02 Å². The van der Waals surface area contributed by atoms with Gasteiger partial charge in [-0.05, 0) is 25.1 Å². The van der Waals surface area contributed by atoms with Crippen molar-refractivity contribution < 1.29 is 4.79 Å². The Labute approximate surface area is 166 Å². The summed E-state index contributed by atoms with van der Waals surface area (Å²) >= 11 is 6.30. The number of anilines is 2. The zero-order valence-corrected chi connectivity index (χ0v) is 16.3. The number of nitrogens with zero attached hydrogens (tertiary/aromatic N) is 4. The molecule has 8 nitrogen and oxygen atoms in total. The summed E-state index contributed by atoms with van der Waals surface area (Å²) in [6.07, 6.45) is 5.51. The highest BCUT2D eigenvalue weighted by Gasteiger charge is 2.17. The Balaban J connectivity index is 1.69. The van der Waals surface area contributed by atoms with E-state index in [-0.39, 0.29) is 5.91 Å². The van der Waals surface area contributed by atoms with Gasteiger partial charge in [0.15, 0.2) is 5.65 Å². The molecule has 3 heterocycles. The van der Waals surface area contributed by atoms with Crippen LogP contribution in [0, 0.1) is 6.92 Å². The molecule has 0 spiro atoms. The number of benzene rings is 1. The average molecular weight is 398 g/mol. The number of rotatable bonds is 5. The zero-order valence-electron chi connectivity index (χ0n) is 15.5. The molecule has 0 radical (unpaired) electrons. The molecule has 4 N–H and O–H groups in total. The largest absolute Gasteiger partial charge is 0.383 e. The van der Waals surface area contributed by atoms with Crippen molar-refractivity contribution in [3.8, 4) is 0 Å². The van der Waals surface area contributed by atoms with Crippen molar-refractivity contribution >= 4 is 45.4 Å². The highest BCUT2D eigenvalue weighted by Crippen LogP contribution is 2.27. The fourth-order valence-electron chi connectivity index (χ4n) is 3.21. The fraction of sp³-hybridized carbons (Fsp3) is 0.211. The van der Waals surface area contributed by atoms with Crippen molar-refractivity contribution in [2.24, 2.45) is 12.8 Å². The summed E-state index contributed by atoms with van der Waals surface area (Å²) < 4.78 is 3.48. The van der Waals surface area contributed by atoms with Gasteiger partial charge in [0.2, 0.25) is 0 Å². The molecule has 0 aliphatic carbocycles. The van der Waals surface area contributed by atoms with E-state index in [0.717, 1.165) is 16.8 Å². The van der Waals surface area contributed by atoms with Crippen LogP contribution in [0.25, 0.3) is 16.6 Å². The van der Waals surface area contributed by atoms with Crippen LogP contribution in [0.15, 0.2) is 36.8 Å². The van der Waals surface area contributed by atoms with Crippen LogP contribution in [0.1, 0.15) is 16.1 Å². The van der Waals surface area contributed by atoms with E-state index in [1.165, 1.54) is 0 Å². The van der Waals surface area contributed by atoms with Gasteiger partial charge in [-0.15, -0.1) is 0 Å². The summed E-state index contributed by atoms with van der Waals surface area (Å²) in [5, 5.41) is 12.0. The SMILES string of the molecule is Cc1cn2cc(NC(=O)c3ccc(NCCN)c4cn(C)nc34)cc(Cl)c2n1. The van der Waals surface area contributed by atoms with Crippen molar-refractivity contribution in [3.63, 3.8) is 0 Å². The standard InChI is InChI=1S/C19H20ClN7O/c1-11-8-27-9-12(7-15(20)18(27)23-11)24-19(28)13-3-4-16(22-6-5-21)14-10-26(2)25-17(13)14/h3-4,7-10,22H,5-6,21H2,1-2H3,(H,24,28). The number of pyridine rings is 1. The maximum Gasteiger partial charge on any atom is 0.257 e. The van der Waals surface area contributed by atoms with Gasteiger partial charge in [0.05, 0.1) is 22.0 Å². The fourth-order valence-corrected chi connectivity index (χ4v) is 3.47. The Morgan fingerprint density at radius 3 is 2.89 bits per heavy atom. The van der Waals surface area contributed by atoms with E-state index < -0.39 is 0 Å². The van der Waals surface area contributed by atoms with Gasteiger partial charge in [-0.1, -0.05) is 11.6 Å². The lowest BCUT2D eigenvalue weighted by Gasteiger charge is -2.10. The maximum atomic E-state index is 12.9. The number of aryl methyl sites for hydroxylation is 2. The number of hydrogen-bond donors (Lipinski definition) is 3. The first-order valence-electron chi connectivity index (χ1n) is 8.83. The Morgan fingerprint density at radius 2 is 2.11 bits per heavy atom. The molecule has 0 saturated carbocycles. The number of carbonyl (C=O) groups excluding carboxylic acids is 1. The summed E-state index contributed by atoms with van der Waals surface area (Å²) in [4.78, 5) is 17.3. The molecule has 144 valence electrons. The van der Waals surface area contributed by atoms with E-state index in [4.69, 9.17) is 17.3 Å². The number of nitrogens with one attached hydrogen (secondary N) is 2.